The molecule has 80 valence electrons. The van der Waals surface area contributed by atoms with Gasteiger partial charge in [-0.25, -0.2) is 0 Å². The Morgan fingerprint density at radius 2 is 1.86 bits per heavy atom. The van der Waals surface area contributed by atoms with Crippen LogP contribution in [-0.4, -0.2) is 11.6 Å². The van der Waals surface area contributed by atoms with Gasteiger partial charge < -0.3 is 0 Å². The SMILES string of the molecule is CCCCCCC(=O)CC(=O)C1CC1. The molecule has 1 aliphatic carbocycles. The summed E-state index contributed by atoms with van der Waals surface area (Å²) in [4.78, 5) is 22.6. The summed E-state index contributed by atoms with van der Waals surface area (Å²) in [7, 11) is 0. The van der Waals surface area contributed by atoms with E-state index in [1.165, 1.54) is 12.8 Å². The van der Waals surface area contributed by atoms with Gasteiger partial charge in [0.15, 0.2) is 0 Å². The smallest absolute Gasteiger partial charge is 0.143 e. The van der Waals surface area contributed by atoms with E-state index in [-0.39, 0.29) is 23.9 Å². The van der Waals surface area contributed by atoms with Gasteiger partial charge in [0.05, 0.1) is 6.42 Å². The van der Waals surface area contributed by atoms with Crippen LogP contribution in [-0.2, 0) is 9.59 Å². The molecule has 0 radical (unpaired) electrons. The van der Waals surface area contributed by atoms with Crippen molar-refractivity contribution in [2.75, 3.05) is 0 Å². The summed E-state index contributed by atoms with van der Waals surface area (Å²) in [6, 6.07) is 0. The summed E-state index contributed by atoms with van der Waals surface area (Å²) < 4.78 is 0. The summed E-state index contributed by atoms with van der Waals surface area (Å²) in [6.07, 6.45) is 7.32. The lowest BCUT2D eigenvalue weighted by Crippen LogP contribution is -2.08. The van der Waals surface area contributed by atoms with Gasteiger partial charge >= 0.3 is 0 Å². The molecule has 0 heterocycles. The number of carbonyl (C=O) groups excluding carboxylic acids is 2. The molecule has 0 aliphatic heterocycles. The maximum atomic E-state index is 11.3. The van der Waals surface area contributed by atoms with Gasteiger partial charge in [0.1, 0.15) is 11.6 Å². The van der Waals surface area contributed by atoms with Crippen LogP contribution in [0.25, 0.3) is 0 Å². The maximum Gasteiger partial charge on any atom is 0.143 e. The molecule has 1 fully saturated rings. The predicted molar refractivity (Wildman–Crippen MR) is 56.1 cm³/mol. The van der Waals surface area contributed by atoms with Gasteiger partial charge in [0.2, 0.25) is 0 Å². The minimum absolute atomic E-state index is 0.151. The second-order valence-corrected chi connectivity index (χ2v) is 4.27. The number of hydrogen-bond acceptors (Lipinski definition) is 2. The van der Waals surface area contributed by atoms with Crippen LogP contribution in [0.1, 0.15) is 58.3 Å². The zero-order valence-corrected chi connectivity index (χ0v) is 9.05. The molecule has 0 aromatic carbocycles. The molecule has 2 heteroatoms. The molecule has 1 rings (SSSR count). The number of unbranched alkanes of at least 4 members (excludes halogenated alkanes) is 3. The van der Waals surface area contributed by atoms with E-state index in [1.807, 2.05) is 0 Å². The lowest BCUT2D eigenvalue weighted by molar-refractivity contribution is -0.127. The van der Waals surface area contributed by atoms with Crippen LogP contribution >= 0.6 is 0 Å². The molecular formula is C12H20O2. The largest absolute Gasteiger partial charge is 0.299 e. The van der Waals surface area contributed by atoms with E-state index in [0.29, 0.717) is 6.42 Å². The molecule has 0 bridgehead atoms. The standard InChI is InChI=1S/C12H20O2/c1-2-3-4-5-6-11(13)9-12(14)10-7-8-10/h10H,2-9H2,1H3. The van der Waals surface area contributed by atoms with Gasteiger partial charge in [-0.05, 0) is 19.3 Å². The molecule has 1 aliphatic rings. The first kappa shape index (κ1) is 11.4. The van der Waals surface area contributed by atoms with Gasteiger partial charge in [-0.3, -0.25) is 9.59 Å². The van der Waals surface area contributed by atoms with E-state index < -0.39 is 0 Å². The first-order valence-corrected chi connectivity index (χ1v) is 5.78. The lowest BCUT2D eigenvalue weighted by atomic mass is 10.0. The van der Waals surface area contributed by atoms with Gasteiger partial charge in [0.25, 0.3) is 0 Å². The summed E-state index contributed by atoms with van der Waals surface area (Å²) in [6.45, 7) is 2.15. The molecular weight excluding hydrogens is 176 g/mol. The van der Waals surface area contributed by atoms with Gasteiger partial charge in [0, 0.05) is 12.3 Å². The van der Waals surface area contributed by atoms with E-state index in [4.69, 9.17) is 0 Å². The van der Waals surface area contributed by atoms with E-state index in [1.54, 1.807) is 0 Å². The Bertz CT molecular complexity index is 204. The van der Waals surface area contributed by atoms with E-state index in [2.05, 4.69) is 6.92 Å². The minimum Gasteiger partial charge on any atom is -0.299 e. The number of hydrogen-bond donors (Lipinski definition) is 0. The third kappa shape index (κ3) is 4.54. The summed E-state index contributed by atoms with van der Waals surface area (Å²) in [5.74, 6) is 0.582. The first-order chi connectivity index (χ1) is 6.74. The molecule has 14 heavy (non-hydrogen) atoms. The zero-order chi connectivity index (χ0) is 10.4. The van der Waals surface area contributed by atoms with Crippen LogP contribution < -0.4 is 0 Å². The number of carbonyl (C=O) groups is 2. The van der Waals surface area contributed by atoms with Crippen molar-refractivity contribution >= 4 is 11.6 Å². The fraction of sp³-hybridized carbons (Fsp3) is 0.833. The highest BCUT2D eigenvalue weighted by Crippen LogP contribution is 2.31. The molecule has 0 unspecified atom stereocenters. The summed E-state index contributed by atoms with van der Waals surface area (Å²) in [5.41, 5.74) is 0. The zero-order valence-electron chi connectivity index (χ0n) is 9.05. The van der Waals surface area contributed by atoms with Gasteiger partial charge in [-0.2, -0.15) is 0 Å². The molecule has 1 saturated carbocycles. The van der Waals surface area contributed by atoms with Crippen molar-refractivity contribution in [3.63, 3.8) is 0 Å². The third-order valence-electron chi connectivity index (χ3n) is 2.71. The van der Waals surface area contributed by atoms with Crippen LogP contribution in [0, 0.1) is 5.92 Å². The van der Waals surface area contributed by atoms with Crippen molar-refractivity contribution in [1.82, 2.24) is 0 Å². The molecule has 0 aromatic heterocycles. The minimum atomic E-state index is 0.151. The van der Waals surface area contributed by atoms with E-state index in [0.717, 1.165) is 25.7 Å². The summed E-state index contributed by atoms with van der Waals surface area (Å²) >= 11 is 0. The highest BCUT2D eigenvalue weighted by atomic mass is 16.1. The fourth-order valence-electron chi connectivity index (χ4n) is 1.58. The van der Waals surface area contributed by atoms with Gasteiger partial charge in [-0.1, -0.05) is 26.2 Å². The Labute approximate surface area is 86.1 Å². The van der Waals surface area contributed by atoms with E-state index in [9.17, 15) is 9.59 Å². The predicted octanol–water partition coefficient (Wildman–Crippen LogP) is 2.90. The normalized spacial score (nSPS) is 15.5. The van der Waals surface area contributed by atoms with Crippen molar-refractivity contribution in [3.05, 3.63) is 0 Å². The van der Waals surface area contributed by atoms with Crippen molar-refractivity contribution in [1.29, 1.82) is 0 Å². The Hall–Kier alpha value is -0.660. The van der Waals surface area contributed by atoms with Crippen molar-refractivity contribution in [3.8, 4) is 0 Å². The van der Waals surface area contributed by atoms with E-state index >= 15 is 0 Å². The highest BCUT2D eigenvalue weighted by Gasteiger charge is 2.30. The topological polar surface area (TPSA) is 34.1 Å². The van der Waals surface area contributed by atoms with Crippen LogP contribution in [0.3, 0.4) is 0 Å². The second-order valence-electron chi connectivity index (χ2n) is 4.27. The van der Waals surface area contributed by atoms with Crippen molar-refractivity contribution < 1.29 is 9.59 Å². The second kappa shape index (κ2) is 5.94. The number of rotatable bonds is 8. The number of Topliss-reactive ketones (excluding diaryl/α,β-unsaturated/α-hetero) is 2. The fourth-order valence-corrected chi connectivity index (χ4v) is 1.58. The maximum absolute atomic E-state index is 11.3. The first-order valence-electron chi connectivity index (χ1n) is 5.78. The molecule has 0 N–H and O–H groups in total. The van der Waals surface area contributed by atoms with Crippen molar-refractivity contribution in [2.45, 2.75) is 58.3 Å². The lowest BCUT2D eigenvalue weighted by Gasteiger charge is -1.99. The van der Waals surface area contributed by atoms with Crippen LogP contribution in [0.15, 0.2) is 0 Å². The number of ketones is 2. The van der Waals surface area contributed by atoms with Crippen LogP contribution in [0.2, 0.25) is 0 Å². The monoisotopic (exact) mass is 196 g/mol. The van der Waals surface area contributed by atoms with Gasteiger partial charge in [-0.15, -0.1) is 0 Å². The van der Waals surface area contributed by atoms with Crippen molar-refractivity contribution in [2.24, 2.45) is 5.92 Å². The Morgan fingerprint density at radius 3 is 2.43 bits per heavy atom. The molecule has 2 nitrogen and oxygen atoms in total. The highest BCUT2D eigenvalue weighted by molar-refractivity contribution is 6.00. The Morgan fingerprint density at radius 1 is 1.14 bits per heavy atom. The third-order valence-corrected chi connectivity index (χ3v) is 2.71. The Balaban J connectivity index is 2.00. The molecule has 0 atom stereocenters. The quantitative estimate of drug-likeness (QED) is 0.442. The summed E-state index contributed by atoms with van der Waals surface area (Å²) in [5, 5.41) is 0. The van der Waals surface area contributed by atoms with Crippen LogP contribution in [0.5, 0.6) is 0 Å². The average molecular weight is 196 g/mol. The molecule has 0 amide bonds. The molecule has 0 spiro atoms. The average Bonchev–Trinajstić information content (AvgIpc) is 2.95. The van der Waals surface area contributed by atoms with Crippen LogP contribution in [0.4, 0.5) is 0 Å². The molecule has 0 saturated heterocycles. The Kier molecular flexibility index (Phi) is 4.85. The molecule has 0 aromatic rings.